The van der Waals surface area contributed by atoms with Crippen LogP contribution in [-0.4, -0.2) is 16.8 Å². The Morgan fingerprint density at radius 3 is 2.88 bits per heavy atom. The van der Waals surface area contributed by atoms with E-state index in [1.165, 1.54) is 0 Å². The van der Waals surface area contributed by atoms with E-state index in [4.69, 9.17) is 16.7 Å². The maximum atomic E-state index is 10.5. The molecule has 0 amide bonds. The number of carbonyl (C=O) groups is 1. The monoisotopic (exact) mass is 258 g/mol. The fraction of sp³-hybridized carbons (Fsp3) is 0.417. The van der Waals surface area contributed by atoms with Crippen LogP contribution in [0.5, 0.6) is 0 Å². The zero-order chi connectivity index (χ0) is 12.0. The highest BCUT2D eigenvalue weighted by molar-refractivity contribution is 7.99. The largest absolute Gasteiger partial charge is 0.481 e. The Balaban J connectivity index is 2.76. The number of carboxylic acids is 1. The molecule has 0 fully saturated rings. The van der Waals surface area contributed by atoms with Crippen LogP contribution in [0.25, 0.3) is 0 Å². The van der Waals surface area contributed by atoms with E-state index in [-0.39, 0.29) is 6.42 Å². The van der Waals surface area contributed by atoms with Crippen molar-refractivity contribution in [2.75, 3.05) is 5.75 Å². The minimum atomic E-state index is -0.772. The SMILES string of the molecule is CCCSc1ccc(Cl)cc1CCC(=O)O. The smallest absolute Gasteiger partial charge is 0.303 e. The molecule has 0 aliphatic heterocycles. The van der Waals surface area contributed by atoms with Gasteiger partial charge in [-0.05, 0) is 42.4 Å². The Labute approximate surface area is 105 Å². The molecule has 2 nitrogen and oxygen atoms in total. The van der Waals surface area contributed by atoms with Gasteiger partial charge in [0.2, 0.25) is 0 Å². The predicted octanol–water partition coefficient (Wildman–Crippen LogP) is 3.86. The Bertz CT molecular complexity index is 366. The molecule has 0 unspecified atom stereocenters. The standard InChI is InChI=1S/C12H15ClO2S/c1-2-7-16-11-5-4-10(13)8-9(11)3-6-12(14)15/h4-5,8H,2-3,6-7H2,1H3,(H,14,15). The molecule has 0 saturated heterocycles. The van der Waals surface area contributed by atoms with E-state index < -0.39 is 5.97 Å². The highest BCUT2D eigenvalue weighted by Gasteiger charge is 2.06. The van der Waals surface area contributed by atoms with E-state index in [1.54, 1.807) is 11.8 Å². The Hall–Kier alpha value is -0.670. The van der Waals surface area contributed by atoms with Crippen molar-refractivity contribution in [3.63, 3.8) is 0 Å². The number of carboxylic acid groups (broad SMARTS) is 1. The van der Waals surface area contributed by atoms with Crippen LogP contribution in [0.3, 0.4) is 0 Å². The lowest BCUT2D eigenvalue weighted by Gasteiger charge is -2.08. The summed E-state index contributed by atoms with van der Waals surface area (Å²) in [6.07, 6.45) is 1.80. The second kappa shape index (κ2) is 6.81. The van der Waals surface area contributed by atoms with Crippen molar-refractivity contribution in [3.8, 4) is 0 Å². The Kier molecular flexibility index (Phi) is 5.71. The van der Waals surface area contributed by atoms with Crippen molar-refractivity contribution >= 4 is 29.3 Å². The molecule has 1 aromatic carbocycles. The van der Waals surface area contributed by atoms with Crippen molar-refractivity contribution < 1.29 is 9.90 Å². The second-order valence-corrected chi connectivity index (χ2v) is 5.07. The van der Waals surface area contributed by atoms with E-state index in [0.29, 0.717) is 11.4 Å². The third kappa shape index (κ3) is 4.45. The first-order valence-corrected chi connectivity index (χ1v) is 6.63. The number of aryl methyl sites for hydroxylation is 1. The molecule has 0 aliphatic rings. The molecule has 0 aliphatic carbocycles. The number of hydrogen-bond acceptors (Lipinski definition) is 2. The zero-order valence-electron chi connectivity index (χ0n) is 9.20. The van der Waals surface area contributed by atoms with Crippen LogP contribution in [-0.2, 0) is 11.2 Å². The quantitative estimate of drug-likeness (QED) is 0.788. The summed E-state index contributed by atoms with van der Waals surface area (Å²) in [5.74, 6) is 0.272. The topological polar surface area (TPSA) is 37.3 Å². The lowest BCUT2D eigenvalue weighted by molar-refractivity contribution is -0.136. The van der Waals surface area contributed by atoms with Gasteiger partial charge in [0.05, 0.1) is 0 Å². The third-order valence-electron chi connectivity index (χ3n) is 2.09. The summed E-state index contributed by atoms with van der Waals surface area (Å²) in [5, 5.41) is 9.34. The summed E-state index contributed by atoms with van der Waals surface area (Å²) in [4.78, 5) is 11.7. The van der Waals surface area contributed by atoms with Crippen LogP contribution >= 0.6 is 23.4 Å². The lowest BCUT2D eigenvalue weighted by atomic mass is 10.1. The molecule has 0 aromatic heterocycles. The summed E-state index contributed by atoms with van der Waals surface area (Å²) in [6.45, 7) is 2.12. The number of thioether (sulfide) groups is 1. The Morgan fingerprint density at radius 1 is 1.50 bits per heavy atom. The van der Waals surface area contributed by atoms with Crippen molar-refractivity contribution in [2.24, 2.45) is 0 Å². The average molecular weight is 259 g/mol. The third-order valence-corrected chi connectivity index (χ3v) is 3.65. The molecule has 0 heterocycles. The fourth-order valence-corrected chi connectivity index (χ4v) is 2.47. The Morgan fingerprint density at radius 2 is 2.25 bits per heavy atom. The van der Waals surface area contributed by atoms with Gasteiger partial charge in [-0.2, -0.15) is 0 Å². The first-order valence-electron chi connectivity index (χ1n) is 5.26. The minimum absolute atomic E-state index is 0.153. The number of benzene rings is 1. The van der Waals surface area contributed by atoms with Crippen molar-refractivity contribution in [2.45, 2.75) is 31.1 Å². The molecular formula is C12H15ClO2S. The summed E-state index contributed by atoms with van der Waals surface area (Å²) >= 11 is 7.67. The van der Waals surface area contributed by atoms with Gasteiger partial charge in [0.15, 0.2) is 0 Å². The van der Waals surface area contributed by atoms with Crippen molar-refractivity contribution in [1.29, 1.82) is 0 Å². The molecule has 0 saturated carbocycles. The van der Waals surface area contributed by atoms with E-state index >= 15 is 0 Å². The highest BCUT2D eigenvalue weighted by Crippen LogP contribution is 2.27. The van der Waals surface area contributed by atoms with E-state index in [1.807, 2.05) is 18.2 Å². The molecule has 1 rings (SSSR count). The van der Waals surface area contributed by atoms with Crippen LogP contribution in [0.4, 0.5) is 0 Å². The average Bonchev–Trinajstić information content (AvgIpc) is 2.25. The number of rotatable bonds is 6. The maximum absolute atomic E-state index is 10.5. The predicted molar refractivity (Wildman–Crippen MR) is 68.4 cm³/mol. The van der Waals surface area contributed by atoms with E-state index in [2.05, 4.69) is 6.92 Å². The molecule has 0 radical (unpaired) electrons. The highest BCUT2D eigenvalue weighted by atomic mass is 35.5. The van der Waals surface area contributed by atoms with Gasteiger partial charge in [-0.15, -0.1) is 11.8 Å². The van der Waals surface area contributed by atoms with Crippen molar-refractivity contribution in [1.82, 2.24) is 0 Å². The van der Waals surface area contributed by atoms with Crippen LogP contribution in [0, 0.1) is 0 Å². The van der Waals surface area contributed by atoms with Crippen LogP contribution in [0.15, 0.2) is 23.1 Å². The zero-order valence-corrected chi connectivity index (χ0v) is 10.8. The normalized spacial score (nSPS) is 10.4. The van der Waals surface area contributed by atoms with Crippen LogP contribution in [0.1, 0.15) is 25.3 Å². The van der Waals surface area contributed by atoms with Gasteiger partial charge in [-0.25, -0.2) is 0 Å². The second-order valence-electron chi connectivity index (χ2n) is 3.49. The number of hydrogen-bond donors (Lipinski definition) is 1. The first kappa shape index (κ1) is 13.4. The number of aliphatic carboxylic acids is 1. The molecule has 88 valence electrons. The van der Waals surface area contributed by atoms with Gasteiger partial charge in [0.25, 0.3) is 0 Å². The molecule has 0 atom stereocenters. The van der Waals surface area contributed by atoms with Gasteiger partial charge in [-0.3, -0.25) is 4.79 Å². The maximum Gasteiger partial charge on any atom is 0.303 e. The van der Waals surface area contributed by atoms with Gasteiger partial charge in [0.1, 0.15) is 0 Å². The molecule has 0 bridgehead atoms. The van der Waals surface area contributed by atoms with E-state index in [0.717, 1.165) is 22.6 Å². The number of halogens is 1. The summed E-state index contributed by atoms with van der Waals surface area (Å²) in [6, 6.07) is 5.69. The molecule has 1 N–H and O–H groups in total. The van der Waals surface area contributed by atoms with E-state index in [9.17, 15) is 4.79 Å². The molecule has 16 heavy (non-hydrogen) atoms. The van der Waals surface area contributed by atoms with Gasteiger partial charge in [-0.1, -0.05) is 18.5 Å². The first-order chi connectivity index (χ1) is 7.63. The fourth-order valence-electron chi connectivity index (χ4n) is 1.34. The summed E-state index contributed by atoms with van der Waals surface area (Å²) in [5.41, 5.74) is 1.04. The van der Waals surface area contributed by atoms with Crippen LogP contribution < -0.4 is 0 Å². The van der Waals surface area contributed by atoms with Gasteiger partial charge >= 0.3 is 5.97 Å². The summed E-state index contributed by atoms with van der Waals surface area (Å²) < 4.78 is 0. The molecule has 0 spiro atoms. The summed E-state index contributed by atoms with van der Waals surface area (Å²) in [7, 11) is 0. The van der Waals surface area contributed by atoms with Crippen LogP contribution in [0.2, 0.25) is 5.02 Å². The van der Waals surface area contributed by atoms with Gasteiger partial charge < -0.3 is 5.11 Å². The molecule has 4 heteroatoms. The molecule has 1 aromatic rings. The van der Waals surface area contributed by atoms with Crippen molar-refractivity contribution in [3.05, 3.63) is 28.8 Å². The lowest BCUT2D eigenvalue weighted by Crippen LogP contribution is -1.98. The minimum Gasteiger partial charge on any atom is -0.481 e. The van der Waals surface area contributed by atoms with Gasteiger partial charge in [0, 0.05) is 16.3 Å². The molecular weight excluding hydrogens is 244 g/mol.